The van der Waals surface area contributed by atoms with Crippen LogP contribution < -0.4 is 15.0 Å². The average molecular weight is 412 g/mol. The van der Waals surface area contributed by atoms with E-state index in [0.717, 1.165) is 17.9 Å². The lowest BCUT2D eigenvalue weighted by atomic mass is 10.1. The van der Waals surface area contributed by atoms with Crippen LogP contribution in [0.15, 0.2) is 42.5 Å². The van der Waals surface area contributed by atoms with Crippen molar-refractivity contribution in [2.24, 2.45) is 0 Å². The molecule has 0 unspecified atom stereocenters. The fourth-order valence-corrected chi connectivity index (χ4v) is 3.17. The van der Waals surface area contributed by atoms with Crippen LogP contribution in [0, 0.1) is 0 Å². The number of hydrogen-bond donors (Lipinski definition) is 1. The second-order valence-corrected chi connectivity index (χ2v) is 6.88. The van der Waals surface area contributed by atoms with Crippen LogP contribution in [0.4, 0.5) is 11.4 Å². The first-order valence-corrected chi connectivity index (χ1v) is 10.3. The maximum atomic E-state index is 12.9. The molecule has 30 heavy (non-hydrogen) atoms. The van der Waals surface area contributed by atoms with E-state index in [0.29, 0.717) is 49.7 Å². The minimum atomic E-state index is -0.418. The summed E-state index contributed by atoms with van der Waals surface area (Å²) in [5.74, 6) is 0.0539. The maximum Gasteiger partial charge on any atom is 0.338 e. The Hall–Kier alpha value is -3.06. The van der Waals surface area contributed by atoms with Crippen LogP contribution in [0.3, 0.4) is 0 Å². The van der Waals surface area contributed by atoms with E-state index in [-0.39, 0.29) is 12.5 Å². The number of hydrogen-bond acceptors (Lipinski definition) is 6. The molecule has 160 valence electrons. The lowest BCUT2D eigenvalue weighted by Crippen LogP contribution is -2.36. The first-order valence-electron chi connectivity index (χ1n) is 10.3. The molecule has 0 atom stereocenters. The molecule has 7 heteroatoms. The SMILES string of the molecule is CCCOc1ccc(C(=O)Nc2cc(C(=O)OCC)ccc2N2CCOCC2)cc1. The normalized spacial score (nSPS) is 13.6. The fraction of sp³-hybridized carbons (Fsp3) is 0.391. The van der Waals surface area contributed by atoms with E-state index in [9.17, 15) is 9.59 Å². The smallest absolute Gasteiger partial charge is 0.338 e. The minimum absolute atomic E-state index is 0.257. The van der Waals surface area contributed by atoms with Crippen molar-refractivity contribution in [2.75, 3.05) is 49.7 Å². The van der Waals surface area contributed by atoms with Crippen LogP contribution in [-0.4, -0.2) is 51.4 Å². The average Bonchev–Trinajstić information content (AvgIpc) is 2.78. The first kappa shape index (κ1) is 21.6. The van der Waals surface area contributed by atoms with Crippen molar-refractivity contribution in [1.82, 2.24) is 0 Å². The van der Waals surface area contributed by atoms with Crippen molar-refractivity contribution in [2.45, 2.75) is 20.3 Å². The molecule has 3 rings (SSSR count). The lowest BCUT2D eigenvalue weighted by Gasteiger charge is -2.30. The van der Waals surface area contributed by atoms with Crippen LogP contribution in [0.25, 0.3) is 0 Å². The highest BCUT2D eigenvalue weighted by Crippen LogP contribution is 2.29. The number of nitrogens with one attached hydrogen (secondary N) is 1. The molecule has 0 radical (unpaired) electrons. The van der Waals surface area contributed by atoms with Crippen LogP contribution in [0.2, 0.25) is 0 Å². The van der Waals surface area contributed by atoms with E-state index < -0.39 is 5.97 Å². The molecule has 7 nitrogen and oxygen atoms in total. The van der Waals surface area contributed by atoms with E-state index >= 15 is 0 Å². The Kier molecular flexibility index (Phi) is 7.68. The van der Waals surface area contributed by atoms with Gasteiger partial charge in [-0.3, -0.25) is 4.79 Å². The molecule has 1 amide bonds. The molecule has 1 aliphatic rings. The monoisotopic (exact) mass is 412 g/mol. The van der Waals surface area contributed by atoms with Gasteiger partial charge in [-0.1, -0.05) is 6.92 Å². The Labute approximate surface area is 176 Å². The second-order valence-electron chi connectivity index (χ2n) is 6.88. The quantitative estimate of drug-likeness (QED) is 0.666. The predicted octanol–water partition coefficient (Wildman–Crippen LogP) is 3.74. The number of rotatable bonds is 8. The molecule has 0 aromatic heterocycles. The number of carbonyl (C=O) groups excluding carboxylic acids is 2. The summed E-state index contributed by atoms with van der Waals surface area (Å²) in [6, 6.07) is 12.2. The number of nitrogens with zero attached hydrogens (tertiary/aromatic N) is 1. The van der Waals surface area contributed by atoms with E-state index in [2.05, 4.69) is 10.2 Å². The molecule has 1 N–H and O–H groups in total. The number of morpholine rings is 1. The highest BCUT2D eigenvalue weighted by Gasteiger charge is 2.19. The summed E-state index contributed by atoms with van der Waals surface area (Å²) < 4.78 is 16.1. The van der Waals surface area contributed by atoms with Crippen molar-refractivity contribution in [3.8, 4) is 5.75 Å². The summed E-state index contributed by atoms with van der Waals surface area (Å²) >= 11 is 0. The molecular weight excluding hydrogens is 384 g/mol. The van der Waals surface area contributed by atoms with Gasteiger partial charge in [0.05, 0.1) is 43.4 Å². The molecule has 1 heterocycles. The van der Waals surface area contributed by atoms with Gasteiger partial charge < -0.3 is 24.4 Å². The molecule has 1 aliphatic heterocycles. The number of benzene rings is 2. The van der Waals surface area contributed by atoms with Crippen LogP contribution >= 0.6 is 0 Å². The minimum Gasteiger partial charge on any atom is -0.494 e. The number of amides is 1. The van der Waals surface area contributed by atoms with Gasteiger partial charge in [-0.15, -0.1) is 0 Å². The highest BCUT2D eigenvalue weighted by molar-refractivity contribution is 6.07. The molecule has 1 saturated heterocycles. The summed E-state index contributed by atoms with van der Waals surface area (Å²) in [6.45, 7) is 7.39. The van der Waals surface area contributed by atoms with Crippen molar-refractivity contribution in [1.29, 1.82) is 0 Å². The molecule has 0 saturated carbocycles. The van der Waals surface area contributed by atoms with Gasteiger partial charge in [0.2, 0.25) is 0 Å². The lowest BCUT2D eigenvalue weighted by molar-refractivity contribution is 0.0526. The highest BCUT2D eigenvalue weighted by atomic mass is 16.5. The molecule has 0 bridgehead atoms. The number of ether oxygens (including phenoxy) is 3. The van der Waals surface area contributed by atoms with Crippen molar-refractivity contribution in [3.05, 3.63) is 53.6 Å². The van der Waals surface area contributed by atoms with E-state index in [1.54, 1.807) is 43.3 Å². The molecule has 0 spiro atoms. The van der Waals surface area contributed by atoms with Gasteiger partial charge in [-0.05, 0) is 55.8 Å². The predicted molar refractivity (Wildman–Crippen MR) is 116 cm³/mol. The van der Waals surface area contributed by atoms with Crippen LogP contribution in [0.1, 0.15) is 41.0 Å². The molecule has 1 fully saturated rings. The zero-order valence-electron chi connectivity index (χ0n) is 17.5. The summed E-state index contributed by atoms with van der Waals surface area (Å²) in [7, 11) is 0. The van der Waals surface area contributed by atoms with Crippen molar-refractivity contribution >= 4 is 23.3 Å². The topological polar surface area (TPSA) is 77.1 Å². The first-order chi connectivity index (χ1) is 14.6. The van der Waals surface area contributed by atoms with Gasteiger partial charge in [-0.25, -0.2) is 4.79 Å². The third kappa shape index (κ3) is 5.51. The summed E-state index contributed by atoms with van der Waals surface area (Å²) in [5, 5.41) is 2.95. The van der Waals surface area contributed by atoms with E-state index in [1.165, 1.54) is 0 Å². The zero-order valence-corrected chi connectivity index (χ0v) is 17.5. The Morgan fingerprint density at radius 1 is 1.03 bits per heavy atom. The Morgan fingerprint density at radius 2 is 1.73 bits per heavy atom. The van der Waals surface area contributed by atoms with Gasteiger partial charge in [0, 0.05) is 18.7 Å². The Balaban J connectivity index is 1.82. The number of carbonyl (C=O) groups is 2. The van der Waals surface area contributed by atoms with Gasteiger partial charge in [0.1, 0.15) is 5.75 Å². The third-order valence-electron chi connectivity index (χ3n) is 4.70. The van der Waals surface area contributed by atoms with Crippen LogP contribution in [0.5, 0.6) is 5.75 Å². The molecule has 0 aliphatic carbocycles. The largest absolute Gasteiger partial charge is 0.494 e. The van der Waals surface area contributed by atoms with E-state index in [4.69, 9.17) is 14.2 Å². The molecule has 2 aromatic rings. The van der Waals surface area contributed by atoms with Gasteiger partial charge in [-0.2, -0.15) is 0 Å². The zero-order chi connectivity index (χ0) is 21.3. The Bertz CT molecular complexity index is 860. The standard InChI is InChI=1S/C23H28N2O5/c1-3-13-30-19-8-5-17(6-9-19)22(26)24-20-16-18(23(27)29-4-2)7-10-21(20)25-11-14-28-15-12-25/h5-10,16H,3-4,11-15H2,1-2H3,(H,24,26). The van der Waals surface area contributed by atoms with Crippen molar-refractivity contribution in [3.63, 3.8) is 0 Å². The van der Waals surface area contributed by atoms with Gasteiger partial charge in [0.25, 0.3) is 5.91 Å². The number of anilines is 2. The summed E-state index contributed by atoms with van der Waals surface area (Å²) in [5.41, 5.74) is 2.32. The van der Waals surface area contributed by atoms with Crippen molar-refractivity contribution < 1.29 is 23.8 Å². The van der Waals surface area contributed by atoms with E-state index in [1.807, 2.05) is 13.0 Å². The molecular formula is C23H28N2O5. The fourth-order valence-electron chi connectivity index (χ4n) is 3.17. The van der Waals surface area contributed by atoms with Gasteiger partial charge in [0.15, 0.2) is 0 Å². The number of esters is 1. The maximum absolute atomic E-state index is 12.9. The van der Waals surface area contributed by atoms with Crippen LogP contribution in [-0.2, 0) is 9.47 Å². The summed E-state index contributed by atoms with van der Waals surface area (Å²) in [6.07, 6.45) is 0.920. The molecule has 2 aromatic carbocycles. The van der Waals surface area contributed by atoms with Gasteiger partial charge >= 0.3 is 5.97 Å². The third-order valence-corrected chi connectivity index (χ3v) is 4.70. The summed E-state index contributed by atoms with van der Waals surface area (Å²) in [4.78, 5) is 27.2. The Morgan fingerprint density at radius 3 is 2.40 bits per heavy atom. The second kappa shape index (κ2) is 10.6.